The van der Waals surface area contributed by atoms with Crippen LogP contribution < -0.4 is 0 Å². The van der Waals surface area contributed by atoms with Gasteiger partial charge in [0.2, 0.25) is 0 Å². The molecule has 0 saturated heterocycles. The number of halogens is 1. The van der Waals surface area contributed by atoms with Crippen molar-refractivity contribution in [2.24, 2.45) is 0 Å². The highest BCUT2D eigenvalue weighted by Crippen LogP contribution is 2.12. The summed E-state index contributed by atoms with van der Waals surface area (Å²) in [5.74, 6) is 0. The van der Waals surface area contributed by atoms with E-state index in [-0.39, 0.29) is 0 Å². The van der Waals surface area contributed by atoms with Gasteiger partial charge in [0.05, 0.1) is 0 Å². The number of aromatic nitrogens is 1. The van der Waals surface area contributed by atoms with Crippen LogP contribution in [-0.4, -0.2) is 10.3 Å². The average molecular weight is 218 g/mol. The van der Waals surface area contributed by atoms with E-state index in [1.54, 1.807) is 11.3 Å². The van der Waals surface area contributed by atoms with Crippen LogP contribution in [0.3, 0.4) is 0 Å². The fourth-order valence-electron chi connectivity index (χ4n) is 0.595. The van der Waals surface area contributed by atoms with Crippen LogP contribution in [0.15, 0.2) is 12.3 Å². The number of hydrogen-bond donors (Lipinski definition) is 0. The molecule has 1 aromatic heterocycles. The molecule has 0 aliphatic carbocycles. The Morgan fingerprint density at radius 3 is 3.10 bits per heavy atom. The first-order valence-electron chi connectivity index (χ1n) is 2.98. The van der Waals surface area contributed by atoms with Gasteiger partial charge >= 0.3 is 0 Å². The Hall–Kier alpha value is -0.150. The van der Waals surface area contributed by atoms with E-state index < -0.39 is 0 Å². The van der Waals surface area contributed by atoms with E-state index in [0.717, 1.165) is 10.3 Å². The van der Waals surface area contributed by atoms with Gasteiger partial charge in [-0.15, -0.1) is 11.3 Å². The summed E-state index contributed by atoms with van der Waals surface area (Å²) in [5.41, 5.74) is 0. The Bertz CT molecular complexity index is 229. The van der Waals surface area contributed by atoms with Crippen molar-refractivity contribution in [2.45, 2.75) is 6.92 Å². The lowest BCUT2D eigenvalue weighted by atomic mass is 10.5. The molecule has 0 unspecified atom stereocenters. The predicted molar refractivity (Wildman–Crippen MR) is 49.7 cm³/mol. The molecule has 3 heteroatoms. The van der Waals surface area contributed by atoms with E-state index in [1.165, 1.54) is 4.88 Å². The lowest BCUT2D eigenvalue weighted by Gasteiger charge is -1.77. The molecule has 0 aliphatic heterocycles. The molecular formula is C7H8BrNS. The molecule has 54 valence electrons. The molecule has 0 aromatic carbocycles. The van der Waals surface area contributed by atoms with Gasteiger partial charge in [0.15, 0.2) is 0 Å². The highest BCUT2D eigenvalue weighted by Gasteiger charge is 1.90. The van der Waals surface area contributed by atoms with E-state index in [4.69, 9.17) is 0 Å². The standard InChI is InChI=1S/C7H8BrNS/c1-6-5-9-7(10-6)3-2-4-8/h2-3,5H,4H2,1H3. The molecule has 0 spiro atoms. The molecule has 0 fully saturated rings. The highest BCUT2D eigenvalue weighted by atomic mass is 79.9. The van der Waals surface area contributed by atoms with Crippen molar-refractivity contribution in [3.05, 3.63) is 22.2 Å². The molecule has 1 nitrogen and oxygen atoms in total. The first-order valence-corrected chi connectivity index (χ1v) is 4.91. The molecule has 1 aromatic rings. The maximum absolute atomic E-state index is 4.16. The van der Waals surface area contributed by atoms with Crippen LogP contribution in [0.4, 0.5) is 0 Å². The zero-order valence-corrected chi connectivity index (χ0v) is 8.08. The van der Waals surface area contributed by atoms with Crippen LogP contribution in [0.1, 0.15) is 9.88 Å². The monoisotopic (exact) mass is 217 g/mol. The van der Waals surface area contributed by atoms with Crippen molar-refractivity contribution < 1.29 is 0 Å². The number of thiazole rings is 1. The Morgan fingerprint density at radius 2 is 2.60 bits per heavy atom. The normalized spacial score (nSPS) is 11.0. The summed E-state index contributed by atoms with van der Waals surface area (Å²) in [6.07, 6.45) is 5.95. The van der Waals surface area contributed by atoms with E-state index in [1.807, 2.05) is 18.3 Å². The second-order valence-corrected chi connectivity index (χ2v) is 3.78. The fourth-order valence-corrected chi connectivity index (χ4v) is 1.49. The van der Waals surface area contributed by atoms with Crippen molar-refractivity contribution in [3.8, 4) is 0 Å². The molecule has 0 saturated carbocycles. The van der Waals surface area contributed by atoms with E-state index >= 15 is 0 Å². The van der Waals surface area contributed by atoms with Gasteiger partial charge in [-0.2, -0.15) is 0 Å². The molecule has 1 heterocycles. The van der Waals surface area contributed by atoms with Crippen LogP contribution in [0.2, 0.25) is 0 Å². The van der Waals surface area contributed by atoms with E-state index in [9.17, 15) is 0 Å². The molecule has 0 aliphatic rings. The molecule has 10 heavy (non-hydrogen) atoms. The van der Waals surface area contributed by atoms with Crippen LogP contribution in [0.5, 0.6) is 0 Å². The van der Waals surface area contributed by atoms with Crippen LogP contribution in [-0.2, 0) is 0 Å². The summed E-state index contributed by atoms with van der Waals surface area (Å²) in [4.78, 5) is 5.42. The van der Waals surface area contributed by atoms with Crippen LogP contribution in [0, 0.1) is 6.92 Å². The number of rotatable bonds is 2. The van der Waals surface area contributed by atoms with Gasteiger partial charge in [0.25, 0.3) is 0 Å². The summed E-state index contributed by atoms with van der Waals surface area (Å²) < 4.78 is 0. The Morgan fingerprint density at radius 1 is 1.80 bits per heavy atom. The average Bonchev–Trinajstić information content (AvgIpc) is 2.31. The number of alkyl halides is 1. The second kappa shape index (κ2) is 3.88. The number of aryl methyl sites for hydroxylation is 1. The summed E-state index contributed by atoms with van der Waals surface area (Å²) in [6.45, 7) is 2.06. The van der Waals surface area contributed by atoms with Crippen LogP contribution in [0.25, 0.3) is 6.08 Å². The Kier molecular flexibility index (Phi) is 3.09. The van der Waals surface area contributed by atoms with Crippen molar-refractivity contribution in [2.75, 3.05) is 5.33 Å². The Balaban J connectivity index is 2.67. The van der Waals surface area contributed by atoms with Crippen molar-refractivity contribution in [3.63, 3.8) is 0 Å². The zero-order valence-electron chi connectivity index (χ0n) is 5.67. The molecule has 0 amide bonds. The Labute approximate surface area is 72.9 Å². The first-order chi connectivity index (χ1) is 4.83. The van der Waals surface area contributed by atoms with Gasteiger partial charge in [-0.05, 0) is 13.0 Å². The molecule has 0 N–H and O–H groups in total. The predicted octanol–water partition coefficient (Wildman–Crippen LogP) is 2.86. The smallest absolute Gasteiger partial charge is 0.115 e. The van der Waals surface area contributed by atoms with E-state index in [0.29, 0.717) is 0 Å². The van der Waals surface area contributed by atoms with Crippen LogP contribution >= 0.6 is 27.3 Å². The first kappa shape index (κ1) is 7.95. The van der Waals surface area contributed by atoms with E-state index in [2.05, 4.69) is 27.8 Å². The minimum absolute atomic E-state index is 0.894. The molecular weight excluding hydrogens is 210 g/mol. The lowest BCUT2D eigenvalue weighted by Crippen LogP contribution is -1.64. The summed E-state index contributed by atoms with van der Waals surface area (Å²) in [5, 5.41) is 1.97. The summed E-state index contributed by atoms with van der Waals surface area (Å²) in [7, 11) is 0. The maximum atomic E-state index is 4.16. The van der Waals surface area contributed by atoms with Crippen molar-refractivity contribution in [1.82, 2.24) is 4.98 Å². The van der Waals surface area contributed by atoms with Crippen molar-refractivity contribution in [1.29, 1.82) is 0 Å². The largest absolute Gasteiger partial charge is 0.245 e. The number of allylic oxidation sites excluding steroid dienone is 1. The van der Waals surface area contributed by atoms with Gasteiger partial charge in [-0.1, -0.05) is 22.0 Å². The third-order valence-electron chi connectivity index (χ3n) is 0.989. The third-order valence-corrected chi connectivity index (χ3v) is 2.24. The second-order valence-electron chi connectivity index (χ2n) is 1.87. The molecule has 0 radical (unpaired) electrons. The van der Waals surface area contributed by atoms with Gasteiger partial charge < -0.3 is 0 Å². The summed E-state index contributed by atoms with van der Waals surface area (Å²) in [6, 6.07) is 0. The quantitative estimate of drug-likeness (QED) is 0.695. The number of hydrogen-bond acceptors (Lipinski definition) is 2. The zero-order chi connectivity index (χ0) is 7.40. The summed E-state index contributed by atoms with van der Waals surface area (Å²) >= 11 is 5.01. The van der Waals surface area contributed by atoms with Gasteiger partial charge in [-0.3, -0.25) is 0 Å². The molecule has 0 atom stereocenters. The van der Waals surface area contributed by atoms with Crippen molar-refractivity contribution >= 4 is 33.3 Å². The topological polar surface area (TPSA) is 12.9 Å². The number of nitrogens with zero attached hydrogens (tertiary/aromatic N) is 1. The maximum Gasteiger partial charge on any atom is 0.115 e. The molecule has 0 bridgehead atoms. The lowest BCUT2D eigenvalue weighted by molar-refractivity contribution is 1.36. The minimum Gasteiger partial charge on any atom is -0.245 e. The SMILES string of the molecule is Cc1cnc(C=CCBr)s1. The van der Waals surface area contributed by atoms with Gasteiger partial charge in [0, 0.05) is 16.4 Å². The van der Waals surface area contributed by atoms with Gasteiger partial charge in [-0.25, -0.2) is 4.98 Å². The van der Waals surface area contributed by atoms with Gasteiger partial charge in [0.1, 0.15) is 5.01 Å². The fraction of sp³-hybridized carbons (Fsp3) is 0.286. The molecule has 1 rings (SSSR count). The highest BCUT2D eigenvalue weighted by molar-refractivity contribution is 9.09. The third kappa shape index (κ3) is 2.23. The minimum atomic E-state index is 0.894.